The number of aromatic amines is 1. The number of benzene rings is 3. The highest BCUT2D eigenvalue weighted by Gasteiger charge is 2.53. The number of aryl methyl sites for hydroxylation is 1. The molecule has 7 heterocycles. The molecule has 2 saturated carbocycles. The number of H-pyrrole nitrogens is 1. The minimum Gasteiger partial charge on any atom is -0.399 e. The van der Waals surface area contributed by atoms with Crippen LogP contribution in [0.25, 0.3) is 33.2 Å². The van der Waals surface area contributed by atoms with E-state index in [1.807, 2.05) is 44.4 Å². The van der Waals surface area contributed by atoms with E-state index in [2.05, 4.69) is 24.9 Å². The molecule has 12 rings (SSSR count). The molecule has 4 atom stereocenters. The number of hydrogen-bond acceptors (Lipinski definition) is 10. The van der Waals surface area contributed by atoms with E-state index in [0.29, 0.717) is 77.7 Å². The van der Waals surface area contributed by atoms with Gasteiger partial charge in [0.15, 0.2) is 23.3 Å². The first kappa shape index (κ1) is 65.1. The lowest BCUT2D eigenvalue weighted by Gasteiger charge is -2.32. The molecular weight excluding hydrogens is 1170 g/mol. The lowest BCUT2D eigenvalue weighted by molar-refractivity contribution is -0.132. The molecule has 2 amide bonds. The monoisotopic (exact) mass is 1240 g/mol. The number of fused-ring (bicyclic) bond motifs is 2. The van der Waals surface area contributed by atoms with E-state index in [4.69, 9.17) is 20.9 Å². The number of halogens is 7. The van der Waals surface area contributed by atoms with Gasteiger partial charge in [0.05, 0.1) is 50.9 Å². The number of likely N-dealkylation sites (tertiary alicyclic amines) is 2. The third-order valence-electron chi connectivity index (χ3n) is 18.0. The summed E-state index contributed by atoms with van der Waals surface area (Å²) >= 11 is 5.77. The molecule has 466 valence electrons. The first-order valence-corrected chi connectivity index (χ1v) is 31.6. The van der Waals surface area contributed by atoms with Crippen molar-refractivity contribution in [1.29, 1.82) is 0 Å². The highest BCUT2D eigenvalue weighted by molar-refractivity contribution is 7.90. The van der Waals surface area contributed by atoms with Crippen molar-refractivity contribution in [2.75, 3.05) is 26.2 Å². The van der Waals surface area contributed by atoms with Crippen molar-refractivity contribution >= 4 is 67.8 Å². The van der Waals surface area contributed by atoms with Gasteiger partial charge in [-0.05, 0) is 158 Å². The second-order valence-electron chi connectivity index (χ2n) is 24.8. The summed E-state index contributed by atoms with van der Waals surface area (Å²) in [5, 5.41) is 0.503. The van der Waals surface area contributed by atoms with Crippen molar-refractivity contribution < 1.29 is 53.7 Å². The van der Waals surface area contributed by atoms with Crippen LogP contribution in [-0.2, 0) is 41.8 Å². The molecule has 3 aliphatic heterocycles. The molecule has 7 aromatic rings. The Bertz CT molecular complexity index is 3710. The number of nitrogens with one attached hydrogen (secondary N) is 1. The normalized spacial score (nSPS) is 20.9. The summed E-state index contributed by atoms with van der Waals surface area (Å²) in [6.45, 7) is 12.8. The Hall–Kier alpha value is -6.36. The maximum absolute atomic E-state index is 14.8. The van der Waals surface area contributed by atoms with Crippen LogP contribution in [-0.4, -0.2) is 103 Å². The Kier molecular flexibility index (Phi) is 20.3. The smallest absolute Gasteiger partial charge is 0.399 e. The average Bonchev–Trinajstić information content (AvgIpc) is 1.61. The predicted molar refractivity (Wildman–Crippen MR) is 323 cm³/mol. The van der Waals surface area contributed by atoms with Crippen LogP contribution in [0, 0.1) is 65.5 Å². The van der Waals surface area contributed by atoms with E-state index in [1.54, 1.807) is 12.1 Å². The van der Waals surface area contributed by atoms with Crippen molar-refractivity contribution in [3.05, 3.63) is 130 Å². The van der Waals surface area contributed by atoms with Crippen molar-refractivity contribution in [1.82, 2.24) is 38.7 Å². The third-order valence-corrected chi connectivity index (χ3v) is 19.9. The molecular formula is C64H76BClF6N8O6S. The van der Waals surface area contributed by atoms with Crippen molar-refractivity contribution in [2.45, 2.75) is 161 Å². The maximum Gasteiger partial charge on any atom is 0.497 e. The summed E-state index contributed by atoms with van der Waals surface area (Å²) in [6, 6.07) is 10.0. The number of hydrogen-bond donors (Lipinski definition) is 1. The van der Waals surface area contributed by atoms with Crippen LogP contribution in [0.15, 0.2) is 78.2 Å². The van der Waals surface area contributed by atoms with Crippen molar-refractivity contribution in [3.63, 3.8) is 0 Å². The zero-order valence-corrected chi connectivity index (χ0v) is 50.7. The van der Waals surface area contributed by atoms with Gasteiger partial charge in [-0.25, -0.2) is 58.7 Å². The molecule has 3 aromatic carbocycles. The predicted octanol–water partition coefficient (Wildman–Crippen LogP) is 13.4. The van der Waals surface area contributed by atoms with Crippen LogP contribution in [0.3, 0.4) is 0 Å². The van der Waals surface area contributed by atoms with Crippen molar-refractivity contribution in [2.24, 2.45) is 23.7 Å². The quantitative estimate of drug-likeness (QED) is 0.0707. The first-order valence-electron chi connectivity index (χ1n) is 29.8. The molecule has 2 aliphatic carbocycles. The summed E-state index contributed by atoms with van der Waals surface area (Å²) in [5.41, 5.74) is 0.795. The fraction of sp³-hybridized carbons (Fsp3) is 0.500. The van der Waals surface area contributed by atoms with E-state index in [1.165, 1.54) is 30.6 Å². The van der Waals surface area contributed by atoms with Gasteiger partial charge in [-0.1, -0.05) is 50.8 Å². The number of aromatic nitrogens is 6. The van der Waals surface area contributed by atoms with Crippen molar-refractivity contribution in [3.8, 4) is 11.4 Å². The van der Waals surface area contributed by atoms with Gasteiger partial charge in [0, 0.05) is 85.3 Å². The molecule has 0 unspecified atom stereocenters. The van der Waals surface area contributed by atoms with Crippen LogP contribution in [0.1, 0.15) is 142 Å². The molecule has 87 heavy (non-hydrogen) atoms. The van der Waals surface area contributed by atoms with Crippen LogP contribution in [0.5, 0.6) is 0 Å². The molecule has 5 aliphatic rings. The fourth-order valence-corrected chi connectivity index (χ4v) is 14.3. The van der Waals surface area contributed by atoms with E-state index < -0.39 is 57.4 Å². The van der Waals surface area contributed by atoms with E-state index in [-0.39, 0.29) is 63.0 Å². The minimum atomic E-state index is -4.14. The number of amides is 2. The molecule has 5 fully saturated rings. The lowest BCUT2D eigenvalue weighted by atomic mass is 9.77. The van der Waals surface area contributed by atoms with Crippen LogP contribution in [0.2, 0.25) is 5.28 Å². The van der Waals surface area contributed by atoms with Gasteiger partial charge < -0.3 is 24.1 Å². The Balaban J connectivity index is 0.000000157. The second-order valence-corrected chi connectivity index (χ2v) is 26.9. The van der Waals surface area contributed by atoms with Gasteiger partial charge in [0.2, 0.25) is 17.1 Å². The summed E-state index contributed by atoms with van der Waals surface area (Å²) < 4.78 is 125. The lowest BCUT2D eigenvalue weighted by Crippen LogP contribution is -2.41. The summed E-state index contributed by atoms with van der Waals surface area (Å²) in [4.78, 5) is 47.8. The molecule has 23 heteroatoms. The van der Waals surface area contributed by atoms with Gasteiger partial charge in [0.1, 0.15) is 17.5 Å². The summed E-state index contributed by atoms with van der Waals surface area (Å²) in [7, 11) is -5.12. The molecule has 1 N–H and O–H groups in total. The van der Waals surface area contributed by atoms with Gasteiger partial charge in [-0.2, -0.15) is 0 Å². The molecule has 4 aromatic heterocycles. The summed E-state index contributed by atoms with van der Waals surface area (Å²) in [5.74, 6) is -1.93. The Morgan fingerprint density at radius 3 is 1.71 bits per heavy atom. The van der Waals surface area contributed by atoms with E-state index in [0.717, 1.165) is 137 Å². The van der Waals surface area contributed by atoms with Gasteiger partial charge in [-0.15, -0.1) is 0 Å². The summed E-state index contributed by atoms with van der Waals surface area (Å²) in [6.07, 6.45) is 19.9. The number of carbonyl (C=O) groups excluding carboxylic acids is 2. The Morgan fingerprint density at radius 1 is 0.667 bits per heavy atom. The molecule has 3 saturated heterocycles. The zero-order chi connectivity index (χ0) is 61.2. The number of rotatable bonds is 12. The Morgan fingerprint density at radius 2 is 1.16 bits per heavy atom. The molecule has 0 radical (unpaired) electrons. The van der Waals surface area contributed by atoms with Gasteiger partial charge in [-0.3, -0.25) is 9.59 Å². The SMILES string of the molecule is C.Cc1ccc(S(=O)(=O)n2cc(B3OC(C)(C)C(C)(C)O3)c3cc(F)cc(F)c32)cc1.O=C(C[C@@H]1CCC[C@H](Cc2nc(-c3c[nH]c4c(F)cc(F)cc34)ncc2F)C1)N1CCCC1.O=C(C[C@@H]1CCC[C@H](Cc2nc(Cl)ncc2F)C1)N1CCCC1. The molecule has 14 nitrogen and oxygen atoms in total. The van der Waals surface area contributed by atoms with Gasteiger partial charge in [0.25, 0.3) is 10.0 Å². The minimum absolute atomic E-state index is 0. The fourth-order valence-electron chi connectivity index (χ4n) is 12.8. The maximum atomic E-state index is 14.8. The van der Waals surface area contributed by atoms with Gasteiger partial charge >= 0.3 is 7.12 Å². The molecule has 0 spiro atoms. The number of nitrogens with zero attached hydrogens (tertiary/aromatic N) is 7. The first-order chi connectivity index (χ1) is 40.9. The second kappa shape index (κ2) is 27.2. The third kappa shape index (κ3) is 14.9. The van der Waals surface area contributed by atoms with E-state index in [9.17, 15) is 44.3 Å². The zero-order valence-electron chi connectivity index (χ0n) is 49.1. The average molecular weight is 1250 g/mol. The standard InChI is InChI=1S/C25H27F3N4O.C21H22BF2NO4S.C17H23ClFN3O.CH4/c26-17-11-18-19(13-29-24(18)20(27)12-17)25-30-14-21(28)22(31-25)9-15-4-3-5-16(8-15)10-23(33)32-6-1-2-7-32;1-13-6-8-15(9-7-13)30(26,27)25-12-17(16-10-14(23)11-18(24)19(16)25)22-28-20(2,3)21(4,5)29-22;18-17-20-11-14(19)15(21-17)9-12-4-3-5-13(8-12)10-16(23)22-6-1-2-7-22;/h11-16,29H,1-10H2;6-12H,1-5H3;11-13H,1-10H2;1H4/t15-,16+;;12-,13+;/m0.0./s1. The number of carbonyl (C=O) groups is 2. The topological polar surface area (TPSA) is 166 Å². The van der Waals surface area contributed by atoms with E-state index >= 15 is 0 Å². The largest absolute Gasteiger partial charge is 0.497 e. The highest BCUT2D eigenvalue weighted by Crippen LogP contribution is 2.40. The highest BCUT2D eigenvalue weighted by atomic mass is 35.5. The Labute approximate surface area is 510 Å². The van der Waals surface area contributed by atoms with Crippen LogP contribution >= 0.6 is 11.6 Å². The van der Waals surface area contributed by atoms with Crippen LogP contribution < -0.4 is 5.46 Å². The molecule has 0 bridgehead atoms. The van der Waals surface area contributed by atoms with Crippen LogP contribution in [0.4, 0.5) is 26.3 Å².